The van der Waals surface area contributed by atoms with Crippen LogP contribution in [0.1, 0.15) is 25.7 Å². The molecule has 1 aromatic rings. The molecule has 0 aromatic carbocycles. The first-order chi connectivity index (χ1) is 7.81. The molecule has 0 bridgehead atoms. The van der Waals surface area contributed by atoms with Crippen molar-refractivity contribution in [2.75, 3.05) is 16.8 Å². The van der Waals surface area contributed by atoms with E-state index in [9.17, 15) is 4.39 Å². The third-order valence-electron chi connectivity index (χ3n) is 3.10. The highest BCUT2D eigenvalue weighted by Crippen LogP contribution is 2.27. The summed E-state index contributed by atoms with van der Waals surface area (Å²) in [7, 11) is 0. The number of rotatable bonds is 4. The van der Waals surface area contributed by atoms with E-state index in [0.717, 1.165) is 17.7 Å². The van der Waals surface area contributed by atoms with Gasteiger partial charge in [-0.2, -0.15) is 0 Å². The summed E-state index contributed by atoms with van der Waals surface area (Å²) in [5, 5.41) is 0.919. The average Bonchev–Trinajstić information content (AvgIpc) is 2.81. The molecule has 0 aliphatic heterocycles. The van der Waals surface area contributed by atoms with Crippen molar-refractivity contribution >= 4 is 21.7 Å². The SMILES string of the molecule is Fc1ccc(N(CCBr)C2CCCC2)nc1. The Morgan fingerprint density at radius 3 is 2.69 bits per heavy atom. The third-order valence-corrected chi connectivity index (χ3v) is 3.45. The van der Waals surface area contributed by atoms with Gasteiger partial charge in [-0.3, -0.25) is 0 Å². The zero-order valence-corrected chi connectivity index (χ0v) is 10.8. The van der Waals surface area contributed by atoms with Crippen molar-refractivity contribution in [3.63, 3.8) is 0 Å². The van der Waals surface area contributed by atoms with Crippen LogP contribution in [0, 0.1) is 5.82 Å². The Labute approximate surface area is 104 Å². The molecule has 1 aliphatic rings. The third kappa shape index (κ3) is 2.73. The normalized spacial score (nSPS) is 16.6. The number of alkyl halides is 1. The number of nitrogens with zero attached hydrogens (tertiary/aromatic N) is 2. The summed E-state index contributed by atoms with van der Waals surface area (Å²) in [6, 6.07) is 3.84. The summed E-state index contributed by atoms with van der Waals surface area (Å²) in [5.41, 5.74) is 0. The Hall–Kier alpha value is -0.640. The molecule has 0 unspecified atom stereocenters. The van der Waals surface area contributed by atoms with Crippen LogP contribution < -0.4 is 4.90 Å². The molecule has 2 nitrogen and oxygen atoms in total. The molecule has 1 aliphatic carbocycles. The Morgan fingerprint density at radius 2 is 2.12 bits per heavy atom. The number of aromatic nitrogens is 1. The van der Waals surface area contributed by atoms with Crippen LogP contribution in [0.15, 0.2) is 18.3 Å². The molecule has 88 valence electrons. The smallest absolute Gasteiger partial charge is 0.141 e. The van der Waals surface area contributed by atoms with Gasteiger partial charge in [-0.1, -0.05) is 28.8 Å². The zero-order chi connectivity index (χ0) is 11.4. The van der Waals surface area contributed by atoms with Gasteiger partial charge in [0.15, 0.2) is 0 Å². The summed E-state index contributed by atoms with van der Waals surface area (Å²) in [4.78, 5) is 6.46. The quantitative estimate of drug-likeness (QED) is 0.789. The highest BCUT2D eigenvalue weighted by atomic mass is 79.9. The van der Waals surface area contributed by atoms with Crippen LogP contribution in [-0.4, -0.2) is 22.9 Å². The van der Waals surface area contributed by atoms with E-state index in [-0.39, 0.29) is 5.82 Å². The van der Waals surface area contributed by atoms with Gasteiger partial charge >= 0.3 is 0 Å². The lowest BCUT2D eigenvalue weighted by Crippen LogP contribution is -2.35. The topological polar surface area (TPSA) is 16.1 Å². The molecular weight excluding hydrogens is 271 g/mol. The first-order valence-corrected chi connectivity index (χ1v) is 6.87. The van der Waals surface area contributed by atoms with Crippen LogP contribution >= 0.6 is 15.9 Å². The molecule has 0 atom stereocenters. The van der Waals surface area contributed by atoms with Crippen molar-refractivity contribution < 1.29 is 4.39 Å². The molecule has 0 N–H and O–H groups in total. The largest absolute Gasteiger partial charge is 0.353 e. The van der Waals surface area contributed by atoms with Crippen LogP contribution in [0.4, 0.5) is 10.2 Å². The molecule has 0 spiro atoms. The predicted octanol–water partition coefficient (Wildman–Crippen LogP) is 3.36. The second kappa shape index (κ2) is 5.62. The highest BCUT2D eigenvalue weighted by Gasteiger charge is 2.22. The number of anilines is 1. The fourth-order valence-electron chi connectivity index (χ4n) is 2.33. The minimum atomic E-state index is -0.269. The monoisotopic (exact) mass is 286 g/mol. The Kier molecular flexibility index (Phi) is 4.16. The van der Waals surface area contributed by atoms with Crippen LogP contribution in [0.2, 0.25) is 0 Å². The molecule has 1 fully saturated rings. The van der Waals surface area contributed by atoms with E-state index in [1.54, 1.807) is 6.07 Å². The summed E-state index contributed by atoms with van der Waals surface area (Å²) in [6.45, 7) is 0.934. The van der Waals surface area contributed by atoms with Gasteiger partial charge in [-0.25, -0.2) is 9.37 Å². The maximum absolute atomic E-state index is 12.8. The molecule has 2 rings (SSSR count). The fraction of sp³-hybridized carbons (Fsp3) is 0.583. The predicted molar refractivity (Wildman–Crippen MR) is 67.6 cm³/mol. The van der Waals surface area contributed by atoms with Crippen molar-refractivity contribution in [3.05, 3.63) is 24.1 Å². The van der Waals surface area contributed by atoms with Gasteiger partial charge in [0.05, 0.1) is 6.20 Å². The van der Waals surface area contributed by atoms with Gasteiger partial charge < -0.3 is 4.90 Å². The number of pyridine rings is 1. The summed E-state index contributed by atoms with van der Waals surface area (Å²) in [6.07, 6.45) is 6.35. The fourth-order valence-corrected chi connectivity index (χ4v) is 2.71. The molecule has 4 heteroatoms. The molecule has 1 aromatic heterocycles. The lowest BCUT2D eigenvalue weighted by Gasteiger charge is -2.29. The van der Waals surface area contributed by atoms with Crippen molar-refractivity contribution in [1.29, 1.82) is 0 Å². The number of hydrogen-bond acceptors (Lipinski definition) is 2. The Balaban J connectivity index is 2.14. The van der Waals surface area contributed by atoms with E-state index >= 15 is 0 Å². The lowest BCUT2D eigenvalue weighted by atomic mass is 10.2. The minimum Gasteiger partial charge on any atom is -0.353 e. The molecule has 0 amide bonds. The summed E-state index contributed by atoms with van der Waals surface area (Å²) < 4.78 is 12.8. The van der Waals surface area contributed by atoms with E-state index in [0.29, 0.717) is 6.04 Å². The minimum absolute atomic E-state index is 0.269. The molecule has 1 heterocycles. The maximum Gasteiger partial charge on any atom is 0.141 e. The second-order valence-electron chi connectivity index (χ2n) is 4.16. The summed E-state index contributed by atoms with van der Waals surface area (Å²) >= 11 is 3.47. The van der Waals surface area contributed by atoms with Gasteiger partial charge in [-0.15, -0.1) is 0 Å². The highest BCUT2D eigenvalue weighted by molar-refractivity contribution is 9.09. The van der Waals surface area contributed by atoms with Crippen molar-refractivity contribution in [2.24, 2.45) is 0 Å². The first kappa shape index (κ1) is 11.8. The van der Waals surface area contributed by atoms with Crippen LogP contribution in [0.25, 0.3) is 0 Å². The number of hydrogen-bond donors (Lipinski definition) is 0. The lowest BCUT2D eigenvalue weighted by molar-refractivity contribution is 0.602. The Morgan fingerprint density at radius 1 is 1.38 bits per heavy atom. The van der Waals surface area contributed by atoms with Gasteiger partial charge in [0.2, 0.25) is 0 Å². The van der Waals surface area contributed by atoms with Crippen molar-refractivity contribution in [3.8, 4) is 0 Å². The van der Waals surface area contributed by atoms with E-state index in [2.05, 4.69) is 25.8 Å². The van der Waals surface area contributed by atoms with Crippen molar-refractivity contribution in [1.82, 2.24) is 4.98 Å². The molecular formula is C12H16BrFN2. The summed E-state index contributed by atoms with van der Waals surface area (Å²) in [5.74, 6) is 0.627. The first-order valence-electron chi connectivity index (χ1n) is 5.75. The van der Waals surface area contributed by atoms with Crippen LogP contribution in [0.5, 0.6) is 0 Å². The van der Waals surface area contributed by atoms with Gasteiger partial charge in [-0.05, 0) is 25.0 Å². The molecule has 1 saturated carbocycles. The second-order valence-corrected chi connectivity index (χ2v) is 4.95. The maximum atomic E-state index is 12.8. The van der Waals surface area contributed by atoms with Gasteiger partial charge in [0.1, 0.15) is 11.6 Å². The van der Waals surface area contributed by atoms with Crippen molar-refractivity contribution in [2.45, 2.75) is 31.7 Å². The zero-order valence-electron chi connectivity index (χ0n) is 9.20. The van der Waals surface area contributed by atoms with Gasteiger partial charge in [0.25, 0.3) is 0 Å². The molecule has 0 radical (unpaired) electrons. The number of halogens is 2. The molecule has 16 heavy (non-hydrogen) atoms. The van der Waals surface area contributed by atoms with Crippen LogP contribution in [0.3, 0.4) is 0 Å². The average molecular weight is 287 g/mol. The van der Waals surface area contributed by atoms with Crippen LogP contribution in [-0.2, 0) is 0 Å². The van der Waals surface area contributed by atoms with E-state index in [1.165, 1.54) is 37.9 Å². The van der Waals surface area contributed by atoms with E-state index in [4.69, 9.17) is 0 Å². The Bertz CT molecular complexity index is 322. The standard InChI is InChI=1S/C12H16BrFN2/c13-7-8-16(11-3-1-2-4-11)12-6-5-10(14)9-15-12/h5-6,9,11H,1-4,7-8H2. The molecule has 0 saturated heterocycles. The van der Waals surface area contributed by atoms with E-state index in [1.807, 2.05) is 0 Å². The van der Waals surface area contributed by atoms with E-state index < -0.39 is 0 Å². The van der Waals surface area contributed by atoms with Gasteiger partial charge in [0, 0.05) is 17.9 Å².